The monoisotopic (exact) mass is 185 g/mol. The van der Waals surface area contributed by atoms with Crippen molar-refractivity contribution in [2.24, 2.45) is 11.3 Å². The molecular formula is C13H15N. The van der Waals surface area contributed by atoms with Crippen LogP contribution >= 0.6 is 0 Å². The first-order chi connectivity index (χ1) is 6.57. The van der Waals surface area contributed by atoms with Crippen molar-refractivity contribution in [2.45, 2.75) is 26.7 Å². The van der Waals surface area contributed by atoms with E-state index in [0.29, 0.717) is 11.3 Å². The minimum Gasteiger partial charge on any atom is -0.192 e. The lowest BCUT2D eigenvalue weighted by molar-refractivity contribution is 0.575. The van der Waals surface area contributed by atoms with Crippen molar-refractivity contribution in [3.63, 3.8) is 0 Å². The number of nitriles is 1. The van der Waals surface area contributed by atoms with Crippen LogP contribution in [0.5, 0.6) is 0 Å². The van der Waals surface area contributed by atoms with Crippen LogP contribution in [0.2, 0.25) is 0 Å². The molecule has 1 heteroatoms. The smallest absolute Gasteiger partial charge is 0.0991 e. The van der Waals surface area contributed by atoms with Gasteiger partial charge in [0, 0.05) is 0 Å². The summed E-state index contributed by atoms with van der Waals surface area (Å²) in [5.41, 5.74) is 2.56. The molecule has 1 nitrogen and oxygen atoms in total. The standard InChI is InChI=1S/C13H15N/c1-9-12(13(9,2)3)11-6-4-10(8-14)5-7-11/h4-7,9,12H,1-3H3/t9-,12+/m1/s1. The van der Waals surface area contributed by atoms with Crippen LogP contribution in [0.15, 0.2) is 24.3 Å². The average molecular weight is 185 g/mol. The molecule has 0 spiro atoms. The van der Waals surface area contributed by atoms with Crippen LogP contribution in [0.1, 0.15) is 37.8 Å². The van der Waals surface area contributed by atoms with E-state index in [9.17, 15) is 0 Å². The Kier molecular flexibility index (Phi) is 1.89. The van der Waals surface area contributed by atoms with Gasteiger partial charge in [-0.05, 0) is 34.9 Å². The zero-order chi connectivity index (χ0) is 10.3. The van der Waals surface area contributed by atoms with E-state index in [1.54, 1.807) is 0 Å². The molecule has 1 fully saturated rings. The van der Waals surface area contributed by atoms with Gasteiger partial charge in [-0.15, -0.1) is 0 Å². The lowest BCUT2D eigenvalue weighted by Crippen LogP contribution is -1.89. The summed E-state index contributed by atoms with van der Waals surface area (Å²) in [4.78, 5) is 0. The van der Waals surface area contributed by atoms with E-state index in [0.717, 1.165) is 11.5 Å². The lowest BCUT2D eigenvalue weighted by Gasteiger charge is -2.02. The molecule has 1 aromatic rings. The minimum absolute atomic E-state index is 0.439. The molecule has 1 saturated carbocycles. The van der Waals surface area contributed by atoms with Crippen LogP contribution in [0.4, 0.5) is 0 Å². The number of hydrogen-bond donors (Lipinski definition) is 0. The fourth-order valence-corrected chi connectivity index (χ4v) is 2.38. The topological polar surface area (TPSA) is 23.8 Å². The Morgan fingerprint density at radius 1 is 1.21 bits per heavy atom. The van der Waals surface area contributed by atoms with Gasteiger partial charge in [0.05, 0.1) is 11.6 Å². The fourth-order valence-electron chi connectivity index (χ4n) is 2.38. The third kappa shape index (κ3) is 1.23. The van der Waals surface area contributed by atoms with E-state index in [1.165, 1.54) is 5.56 Å². The first kappa shape index (κ1) is 9.27. The highest BCUT2D eigenvalue weighted by molar-refractivity contribution is 5.37. The second-order valence-corrected chi connectivity index (χ2v) is 4.82. The molecule has 2 atom stereocenters. The Bertz CT molecular complexity index is 381. The molecule has 1 aliphatic carbocycles. The van der Waals surface area contributed by atoms with E-state index in [-0.39, 0.29) is 0 Å². The van der Waals surface area contributed by atoms with Crippen LogP contribution in [0, 0.1) is 22.7 Å². The maximum Gasteiger partial charge on any atom is 0.0991 e. The maximum atomic E-state index is 8.69. The lowest BCUT2D eigenvalue weighted by atomic mass is 10.0. The van der Waals surface area contributed by atoms with Gasteiger partial charge in [0.1, 0.15) is 0 Å². The van der Waals surface area contributed by atoms with Crippen molar-refractivity contribution in [2.75, 3.05) is 0 Å². The van der Waals surface area contributed by atoms with Crippen molar-refractivity contribution >= 4 is 0 Å². The molecule has 0 unspecified atom stereocenters. The third-order valence-electron chi connectivity index (χ3n) is 3.76. The van der Waals surface area contributed by atoms with Gasteiger partial charge in [0.15, 0.2) is 0 Å². The average Bonchev–Trinajstić information content (AvgIpc) is 2.67. The van der Waals surface area contributed by atoms with E-state index < -0.39 is 0 Å². The molecule has 14 heavy (non-hydrogen) atoms. The van der Waals surface area contributed by atoms with Crippen LogP contribution in [0.3, 0.4) is 0 Å². The third-order valence-corrected chi connectivity index (χ3v) is 3.76. The Morgan fingerprint density at radius 3 is 2.07 bits per heavy atom. The Hall–Kier alpha value is -1.29. The summed E-state index contributed by atoms with van der Waals surface area (Å²) in [6.07, 6.45) is 0. The van der Waals surface area contributed by atoms with E-state index in [4.69, 9.17) is 5.26 Å². The van der Waals surface area contributed by atoms with Crippen molar-refractivity contribution in [1.29, 1.82) is 5.26 Å². The van der Waals surface area contributed by atoms with Gasteiger partial charge in [0.2, 0.25) is 0 Å². The first-order valence-electron chi connectivity index (χ1n) is 5.07. The van der Waals surface area contributed by atoms with Gasteiger partial charge in [-0.25, -0.2) is 0 Å². The summed E-state index contributed by atoms with van der Waals surface area (Å²) in [6, 6.07) is 10.2. The van der Waals surface area contributed by atoms with Crippen molar-refractivity contribution in [3.05, 3.63) is 35.4 Å². The summed E-state index contributed by atoms with van der Waals surface area (Å²) in [6.45, 7) is 6.91. The van der Waals surface area contributed by atoms with Gasteiger partial charge in [0.25, 0.3) is 0 Å². The number of rotatable bonds is 1. The van der Waals surface area contributed by atoms with Crippen molar-refractivity contribution in [3.8, 4) is 6.07 Å². The summed E-state index contributed by atoms with van der Waals surface area (Å²) in [5.74, 6) is 1.44. The largest absolute Gasteiger partial charge is 0.192 e. The molecule has 1 aliphatic rings. The zero-order valence-electron chi connectivity index (χ0n) is 8.91. The summed E-state index contributed by atoms with van der Waals surface area (Å²) in [7, 11) is 0. The molecule has 0 aromatic heterocycles. The SMILES string of the molecule is C[C@@H]1[C@@H](c2ccc(C#N)cc2)C1(C)C. The van der Waals surface area contributed by atoms with Gasteiger partial charge in [-0.2, -0.15) is 5.26 Å². The van der Waals surface area contributed by atoms with Gasteiger partial charge in [-0.1, -0.05) is 32.9 Å². The second kappa shape index (κ2) is 2.85. The first-order valence-corrected chi connectivity index (χ1v) is 5.07. The van der Waals surface area contributed by atoms with E-state index in [1.807, 2.05) is 12.1 Å². The second-order valence-electron chi connectivity index (χ2n) is 4.82. The Morgan fingerprint density at radius 2 is 1.71 bits per heavy atom. The Balaban J connectivity index is 2.25. The zero-order valence-corrected chi connectivity index (χ0v) is 8.91. The molecule has 0 aliphatic heterocycles. The summed E-state index contributed by atoms with van der Waals surface area (Å²) < 4.78 is 0. The van der Waals surface area contributed by atoms with Crippen LogP contribution in [-0.4, -0.2) is 0 Å². The molecule has 1 aromatic carbocycles. The molecule has 0 amide bonds. The highest BCUT2D eigenvalue weighted by Gasteiger charge is 2.54. The fraction of sp³-hybridized carbons (Fsp3) is 0.462. The normalized spacial score (nSPS) is 28.1. The van der Waals surface area contributed by atoms with E-state index >= 15 is 0 Å². The van der Waals surface area contributed by atoms with Crippen molar-refractivity contribution in [1.82, 2.24) is 0 Å². The molecule has 0 saturated heterocycles. The molecular weight excluding hydrogens is 170 g/mol. The van der Waals surface area contributed by atoms with Crippen molar-refractivity contribution < 1.29 is 0 Å². The molecule has 2 rings (SSSR count). The van der Waals surface area contributed by atoms with E-state index in [2.05, 4.69) is 39.0 Å². The number of benzene rings is 1. The highest BCUT2D eigenvalue weighted by Crippen LogP contribution is 2.63. The Labute approximate surface area is 85.4 Å². The van der Waals surface area contributed by atoms with Gasteiger partial charge < -0.3 is 0 Å². The van der Waals surface area contributed by atoms with Gasteiger partial charge >= 0.3 is 0 Å². The summed E-state index contributed by atoms with van der Waals surface area (Å²) >= 11 is 0. The number of nitrogens with zero attached hydrogens (tertiary/aromatic N) is 1. The van der Waals surface area contributed by atoms with Crippen LogP contribution < -0.4 is 0 Å². The quantitative estimate of drug-likeness (QED) is 0.658. The van der Waals surface area contributed by atoms with Crippen LogP contribution in [0.25, 0.3) is 0 Å². The summed E-state index contributed by atoms with van der Waals surface area (Å²) in [5, 5.41) is 8.69. The van der Waals surface area contributed by atoms with Crippen LogP contribution in [-0.2, 0) is 0 Å². The molecule has 0 radical (unpaired) electrons. The predicted molar refractivity (Wildman–Crippen MR) is 56.8 cm³/mol. The molecule has 0 bridgehead atoms. The number of hydrogen-bond acceptors (Lipinski definition) is 1. The molecule has 0 heterocycles. The minimum atomic E-state index is 0.439. The highest BCUT2D eigenvalue weighted by atomic mass is 14.6. The molecule has 0 N–H and O–H groups in total. The van der Waals surface area contributed by atoms with Gasteiger partial charge in [-0.3, -0.25) is 0 Å². The predicted octanol–water partition coefficient (Wildman–Crippen LogP) is 3.32. The molecule has 72 valence electrons. The maximum absolute atomic E-state index is 8.69.